The van der Waals surface area contributed by atoms with Crippen molar-refractivity contribution < 1.29 is 9.47 Å². The Hall–Kier alpha value is -1.26. The Kier molecular flexibility index (Phi) is 3.85. The van der Waals surface area contributed by atoms with Crippen molar-refractivity contribution in [2.24, 2.45) is 0 Å². The Balaban J connectivity index is 1.96. The van der Waals surface area contributed by atoms with Crippen molar-refractivity contribution in [3.63, 3.8) is 0 Å². The maximum absolute atomic E-state index is 5.55. The monoisotopic (exact) mass is 276 g/mol. The molecular formula is C16H24N2O2. The molecule has 1 atom stereocenters. The highest BCUT2D eigenvalue weighted by molar-refractivity contribution is 5.46. The molecule has 0 spiro atoms. The van der Waals surface area contributed by atoms with Crippen molar-refractivity contribution in [3.8, 4) is 11.5 Å². The number of hydrogen-bond acceptors (Lipinski definition) is 4. The molecule has 1 aromatic rings. The van der Waals surface area contributed by atoms with Crippen LogP contribution in [0, 0.1) is 0 Å². The summed E-state index contributed by atoms with van der Waals surface area (Å²) in [6.07, 6.45) is 3.57. The first kappa shape index (κ1) is 13.7. The van der Waals surface area contributed by atoms with Gasteiger partial charge in [0, 0.05) is 6.54 Å². The third-order valence-corrected chi connectivity index (χ3v) is 4.56. The molecule has 1 unspecified atom stereocenters. The number of nitrogens with zero attached hydrogens (tertiary/aromatic N) is 1. The Morgan fingerprint density at radius 1 is 1.30 bits per heavy atom. The number of piperidine rings is 1. The van der Waals surface area contributed by atoms with E-state index in [2.05, 4.69) is 36.3 Å². The van der Waals surface area contributed by atoms with Gasteiger partial charge in [-0.2, -0.15) is 0 Å². The minimum Gasteiger partial charge on any atom is -0.454 e. The van der Waals surface area contributed by atoms with Crippen LogP contribution in [0.25, 0.3) is 0 Å². The summed E-state index contributed by atoms with van der Waals surface area (Å²) in [5.74, 6) is 1.75. The lowest BCUT2D eigenvalue weighted by Gasteiger charge is -2.45. The van der Waals surface area contributed by atoms with E-state index in [0.717, 1.165) is 31.1 Å². The van der Waals surface area contributed by atoms with Crippen molar-refractivity contribution in [2.45, 2.75) is 31.7 Å². The zero-order chi connectivity index (χ0) is 14.0. The number of rotatable bonds is 4. The largest absolute Gasteiger partial charge is 0.454 e. The number of benzene rings is 1. The van der Waals surface area contributed by atoms with Crippen LogP contribution in [0.5, 0.6) is 11.5 Å². The number of ether oxygens (including phenoxy) is 2. The van der Waals surface area contributed by atoms with Crippen LogP contribution in [-0.2, 0) is 5.54 Å². The van der Waals surface area contributed by atoms with E-state index in [-0.39, 0.29) is 5.54 Å². The molecule has 4 nitrogen and oxygen atoms in total. The fraction of sp³-hybridized carbons (Fsp3) is 0.625. The minimum absolute atomic E-state index is 0.0786. The average molecular weight is 276 g/mol. The second kappa shape index (κ2) is 5.62. The number of likely N-dealkylation sites (N-methyl/N-ethyl adjacent to an activating group) is 1. The third-order valence-electron chi connectivity index (χ3n) is 4.56. The van der Waals surface area contributed by atoms with Crippen molar-refractivity contribution in [3.05, 3.63) is 23.8 Å². The first-order chi connectivity index (χ1) is 9.76. The Morgan fingerprint density at radius 3 is 2.90 bits per heavy atom. The molecule has 0 amide bonds. The van der Waals surface area contributed by atoms with Gasteiger partial charge in [0.1, 0.15) is 0 Å². The predicted molar refractivity (Wildman–Crippen MR) is 79.3 cm³/mol. The topological polar surface area (TPSA) is 33.7 Å². The lowest BCUT2D eigenvalue weighted by atomic mass is 9.81. The van der Waals surface area contributed by atoms with E-state index in [1.807, 2.05) is 6.07 Å². The standard InChI is InChI=1S/C16H24N2O2/c1-3-9-18(2)16(7-4-8-17-11-16)13-5-6-14-15(10-13)20-12-19-14/h5-6,10,17H,3-4,7-9,11-12H2,1-2H3. The third kappa shape index (κ3) is 2.27. The molecule has 0 aromatic heterocycles. The minimum atomic E-state index is 0.0786. The molecule has 3 rings (SSSR count). The molecule has 2 aliphatic heterocycles. The number of hydrogen-bond donors (Lipinski definition) is 1. The van der Waals surface area contributed by atoms with Gasteiger partial charge in [-0.25, -0.2) is 0 Å². The van der Waals surface area contributed by atoms with Gasteiger partial charge < -0.3 is 14.8 Å². The van der Waals surface area contributed by atoms with Gasteiger partial charge in [0.15, 0.2) is 11.5 Å². The van der Waals surface area contributed by atoms with Gasteiger partial charge in [0.2, 0.25) is 6.79 Å². The van der Waals surface area contributed by atoms with Crippen LogP contribution in [0.2, 0.25) is 0 Å². The normalized spacial score (nSPS) is 25.1. The van der Waals surface area contributed by atoms with Gasteiger partial charge in [-0.05, 0) is 57.1 Å². The van der Waals surface area contributed by atoms with Crippen LogP contribution in [0.4, 0.5) is 0 Å². The summed E-state index contributed by atoms with van der Waals surface area (Å²) in [6, 6.07) is 6.42. The number of nitrogens with one attached hydrogen (secondary N) is 1. The van der Waals surface area contributed by atoms with Crippen LogP contribution >= 0.6 is 0 Å². The molecule has 2 heterocycles. The van der Waals surface area contributed by atoms with Gasteiger partial charge in [-0.3, -0.25) is 4.90 Å². The van der Waals surface area contributed by atoms with E-state index in [1.54, 1.807) is 0 Å². The molecule has 1 fully saturated rings. The van der Waals surface area contributed by atoms with Crippen molar-refractivity contribution in [1.29, 1.82) is 0 Å². The molecule has 2 aliphatic rings. The van der Waals surface area contributed by atoms with Crippen LogP contribution < -0.4 is 14.8 Å². The maximum atomic E-state index is 5.55. The highest BCUT2D eigenvalue weighted by Crippen LogP contribution is 2.40. The molecule has 0 radical (unpaired) electrons. The summed E-state index contributed by atoms with van der Waals surface area (Å²) in [7, 11) is 2.24. The fourth-order valence-electron chi connectivity index (χ4n) is 3.42. The van der Waals surface area contributed by atoms with E-state index >= 15 is 0 Å². The summed E-state index contributed by atoms with van der Waals surface area (Å²) in [4.78, 5) is 2.50. The predicted octanol–water partition coefficient (Wildman–Crippen LogP) is 2.34. The summed E-state index contributed by atoms with van der Waals surface area (Å²) in [6.45, 7) is 5.81. The van der Waals surface area contributed by atoms with Gasteiger partial charge >= 0.3 is 0 Å². The summed E-state index contributed by atoms with van der Waals surface area (Å²) >= 11 is 0. The molecule has 4 heteroatoms. The van der Waals surface area contributed by atoms with Crippen LogP contribution in [-0.4, -0.2) is 38.4 Å². The van der Waals surface area contributed by atoms with Gasteiger partial charge in [-0.15, -0.1) is 0 Å². The maximum Gasteiger partial charge on any atom is 0.231 e. The van der Waals surface area contributed by atoms with Crippen molar-refractivity contribution in [2.75, 3.05) is 33.5 Å². The molecule has 1 N–H and O–H groups in total. The van der Waals surface area contributed by atoms with Crippen LogP contribution in [0.1, 0.15) is 31.7 Å². The smallest absolute Gasteiger partial charge is 0.231 e. The van der Waals surface area contributed by atoms with Gasteiger partial charge in [-0.1, -0.05) is 13.0 Å². The van der Waals surface area contributed by atoms with E-state index in [1.165, 1.54) is 24.8 Å². The van der Waals surface area contributed by atoms with E-state index in [9.17, 15) is 0 Å². The highest BCUT2D eigenvalue weighted by Gasteiger charge is 2.38. The highest BCUT2D eigenvalue weighted by atomic mass is 16.7. The second-order valence-corrected chi connectivity index (χ2v) is 5.80. The Bertz CT molecular complexity index is 470. The summed E-state index contributed by atoms with van der Waals surface area (Å²) in [5, 5.41) is 3.57. The second-order valence-electron chi connectivity index (χ2n) is 5.80. The SMILES string of the molecule is CCCN(C)C1(c2ccc3c(c2)OCO3)CCCNC1. The summed E-state index contributed by atoms with van der Waals surface area (Å²) < 4.78 is 11.0. The fourth-order valence-corrected chi connectivity index (χ4v) is 3.42. The number of fused-ring (bicyclic) bond motifs is 1. The lowest BCUT2D eigenvalue weighted by Crippen LogP contribution is -2.54. The van der Waals surface area contributed by atoms with Gasteiger partial charge in [0.25, 0.3) is 0 Å². The first-order valence-electron chi connectivity index (χ1n) is 7.58. The Labute approximate surface area is 121 Å². The van der Waals surface area contributed by atoms with E-state index in [0.29, 0.717) is 6.79 Å². The lowest BCUT2D eigenvalue weighted by molar-refractivity contribution is 0.0853. The Morgan fingerprint density at radius 2 is 2.15 bits per heavy atom. The molecular weight excluding hydrogens is 252 g/mol. The molecule has 0 aliphatic carbocycles. The van der Waals surface area contributed by atoms with E-state index in [4.69, 9.17) is 9.47 Å². The van der Waals surface area contributed by atoms with Gasteiger partial charge in [0.05, 0.1) is 5.54 Å². The zero-order valence-corrected chi connectivity index (χ0v) is 12.4. The molecule has 0 saturated carbocycles. The quantitative estimate of drug-likeness (QED) is 0.915. The van der Waals surface area contributed by atoms with Crippen LogP contribution in [0.3, 0.4) is 0 Å². The van der Waals surface area contributed by atoms with Crippen molar-refractivity contribution in [1.82, 2.24) is 10.2 Å². The molecule has 1 aromatic carbocycles. The van der Waals surface area contributed by atoms with Crippen molar-refractivity contribution >= 4 is 0 Å². The van der Waals surface area contributed by atoms with Crippen LogP contribution in [0.15, 0.2) is 18.2 Å². The van der Waals surface area contributed by atoms with E-state index < -0.39 is 0 Å². The zero-order valence-electron chi connectivity index (χ0n) is 12.4. The first-order valence-corrected chi connectivity index (χ1v) is 7.58. The average Bonchev–Trinajstić information content (AvgIpc) is 2.95. The molecule has 0 bridgehead atoms. The summed E-state index contributed by atoms with van der Waals surface area (Å²) in [5.41, 5.74) is 1.42. The molecule has 110 valence electrons. The molecule has 1 saturated heterocycles. The molecule has 20 heavy (non-hydrogen) atoms.